The molecule has 1 aliphatic rings. The van der Waals surface area contributed by atoms with Gasteiger partial charge in [0.25, 0.3) is 0 Å². The third kappa shape index (κ3) is 3.42. The molecule has 1 amide bonds. The highest BCUT2D eigenvalue weighted by molar-refractivity contribution is 5.86. The fourth-order valence-electron chi connectivity index (χ4n) is 1.12. The van der Waals surface area contributed by atoms with Crippen LogP contribution in [0, 0.1) is 0 Å². The fourth-order valence-corrected chi connectivity index (χ4v) is 1.12. The predicted octanol–water partition coefficient (Wildman–Crippen LogP) is 1.17. The fraction of sp³-hybridized carbons (Fsp3) is 0.800. The largest absolute Gasteiger partial charge is 0.461 e. The Labute approximate surface area is 89.3 Å². The van der Waals surface area contributed by atoms with Gasteiger partial charge in [0.2, 0.25) is 0 Å². The van der Waals surface area contributed by atoms with Crippen LogP contribution in [0.4, 0.5) is 4.79 Å². The summed E-state index contributed by atoms with van der Waals surface area (Å²) >= 11 is 0. The van der Waals surface area contributed by atoms with Gasteiger partial charge in [-0.1, -0.05) is 0 Å². The van der Waals surface area contributed by atoms with E-state index in [4.69, 9.17) is 9.47 Å². The smallest absolute Gasteiger partial charge is 0.410 e. The highest BCUT2D eigenvalue weighted by Crippen LogP contribution is 2.21. The van der Waals surface area contributed by atoms with Gasteiger partial charge < -0.3 is 9.47 Å². The lowest BCUT2D eigenvalue weighted by Gasteiger charge is -2.10. The second-order valence-electron chi connectivity index (χ2n) is 4.09. The molecule has 1 rings (SSSR count). The maximum Gasteiger partial charge on any atom is 0.410 e. The van der Waals surface area contributed by atoms with Gasteiger partial charge in [0.05, 0.1) is 18.8 Å². The zero-order chi connectivity index (χ0) is 11.6. The van der Waals surface area contributed by atoms with E-state index in [1.807, 2.05) is 0 Å². The van der Waals surface area contributed by atoms with Crippen LogP contribution < -0.4 is 0 Å². The molecule has 0 spiro atoms. The second-order valence-corrected chi connectivity index (χ2v) is 4.09. The lowest BCUT2D eigenvalue weighted by molar-refractivity contribution is -0.147. The molecule has 1 atom stereocenters. The molecule has 1 fully saturated rings. The number of nitrogens with zero attached hydrogens (tertiary/aromatic N) is 1. The molecule has 1 heterocycles. The molecule has 0 aromatic heterocycles. The Kier molecular flexibility index (Phi) is 3.55. The summed E-state index contributed by atoms with van der Waals surface area (Å²) in [6.07, 6.45) is -0.767. The minimum absolute atomic E-state index is 0.152. The standard InChI is InChI=1S/C10H17NO4/c1-6(2)14-9(12)8-5-11(8)10(13)15-7(3)4/h6-8H,5H2,1-4H3. The van der Waals surface area contributed by atoms with Crippen LogP contribution in [0.5, 0.6) is 0 Å². The summed E-state index contributed by atoms with van der Waals surface area (Å²) in [6, 6.07) is -0.446. The molecular weight excluding hydrogens is 198 g/mol. The van der Waals surface area contributed by atoms with Gasteiger partial charge in [-0.2, -0.15) is 0 Å². The van der Waals surface area contributed by atoms with Crippen LogP contribution in [0.2, 0.25) is 0 Å². The third-order valence-electron chi connectivity index (χ3n) is 1.81. The van der Waals surface area contributed by atoms with E-state index in [0.717, 1.165) is 0 Å². The van der Waals surface area contributed by atoms with Crippen LogP contribution in [0.25, 0.3) is 0 Å². The molecular formula is C10H17NO4. The number of hydrogen-bond donors (Lipinski definition) is 0. The molecule has 0 aliphatic carbocycles. The van der Waals surface area contributed by atoms with E-state index in [1.54, 1.807) is 27.7 Å². The Bertz CT molecular complexity index is 236. The van der Waals surface area contributed by atoms with E-state index >= 15 is 0 Å². The Morgan fingerprint density at radius 2 is 1.67 bits per heavy atom. The topological polar surface area (TPSA) is 55.6 Å². The molecule has 1 unspecified atom stereocenters. The van der Waals surface area contributed by atoms with Crippen molar-refractivity contribution in [2.24, 2.45) is 0 Å². The number of esters is 1. The molecule has 1 saturated heterocycles. The molecule has 5 nitrogen and oxygen atoms in total. The first-order chi connectivity index (χ1) is 6.91. The second kappa shape index (κ2) is 4.51. The minimum Gasteiger partial charge on any atom is -0.461 e. The van der Waals surface area contributed by atoms with Gasteiger partial charge in [-0.25, -0.2) is 9.59 Å². The first-order valence-corrected chi connectivity index (χ1v) is 5.09. The summed E-state index contributed by atoms with van der Waals surface area (Å²) < 4.78 is 9.91. The summed E-state index contributed by atoms with van der Waals surface area (Å²) in [5.74, 6) is -0.356. The summed E-state index contributed by atoms with van der Waals surface area (Å²) in [4.78, 5) is 24.0. The lowest BCUT2D eigenvalue weighted by Crippen LogP contribution is -2.25. The quantitative estimate of drug-likeness (QED) is 0.523. The van der Waals surface area contributed by atoms with Crippen molar-refractivity contribution in [1.29, 1.82) is 0 Å². The Balaban J connectivity index is 2.33. The van der Waals surface area contributed by atoms with E-state index in [0.29, 0.717) is 6.54 Å². The number of hydrogen-bond acceptors (Lipinski definition) is 4. The van der Waals surface area contributed by atoms with E-state index in [1.165, 1.54) is 4.90 Å². The van der Waals surface area contributed by atoms with Gasteiger partial charge in [-0.15, -0.1) is 0 Å². The van der Waals surface area contributed by atoms with Gasteiger partial charge in [0.1, 0.15) is 0 Å². The van der Waals surface area contributed by atoms with E-state index in [-0.39, 0.29) is 18.2 Å². The third-order valence-corrected chi connectivity index (χ3v) is 1.81. The first kappa shape index (κ1) is 11.8. The average Bonchev–Trinajstić information content (AvgIpc) is 2.79. The van der Waals surface area contributed by atoms with Gasteiger partial charge in [0.15, 0.2) is 6.04 Å². The van der Waals surface area contributed by atoms with Crippen molar-refractivity contribution >= 4 is 12.1 Å². The van der Waals surface area contributed by atoms with Gasteiger partial charge >= 0.3 is 12.1 Å². The molecule has 1 aliphatic heterocycles. The van der Waals surface area contributed by atoms with E-state index in [9.17, 15) is 9.59 Å². The maximum absolute atomic E-state index is 11.3. The number of rotatable bonds is 3. The highest BCUT2D eigenvalue weighted by Gasteiger charge is 2.47. The van der Waals surface area contributed by atoms with Crippen LogP contribution in [-0.4, -0.2) is 41.8 Å². The van der Waals surface area contributed by atoms with Crippen LogP contribution in [0.1, 0.15) is 27.7 Å². The Morgan fingerprint density at radius 3 is 2.13 bits per heavy atom. The zero-order valence-electron chi connectivity index (χ0n) is 9.52. The van der Waals surface area contributed by atoms with Crippen molar-refractivity contribution in [2.45, 2.75) is 45.9 Å². The van der Waals surface area contributed by atoms with Gasteiger partial charge in [-0.3, -0.25) is 4.90 Å². The monoisotopic (exact) mass is 215 g/mol. The molecule has 0 saturated carbocycles. The van der Waals surface area contributed by atoms with Crippen LogP contribution in [0.3, 0.4) is 0 Å². The number of amides is 1. The minimum atomic E-state index is -0.448. The summed E-state index contributed by atoms with van der Waals surface area (Å²) in [5, 5.41) is 0. The van der Waals surface area contributed by atoms with E-state index < -0.39 is 12.1 Å². The summed E-state index contributed by atoms with van der Waals surface area (Å²) in [6.45, 7) is 7.48. The number of carbonyl (C=O) groups is 2. The summed E-state index contributed by atoms with van der Waals surface area (Å²) in [7, 11) is 0. The first-order valence-electron chi connectivity index (χ1n) is 5.09. The molecule has 0 N–H and O–H groups in total. The van der Waals surface area contributed by atoms with Crippen molar-refractivity contribution in [3.63, 3.8) is 0 Å². The lowest BCUT2D eigenvalue weighted by atomic mass is 10.4. The molecule has 0 radical (unpaired) electrons. The normalized spacial score (nSPS) is 19.3. The van der Waals surface area contributed by atoms with Crippen molar-refractivity contribution in [1.82, 2.24) is 4.90 Å². The van der Waals surface area contributed by atoms with Gasteiger partial charge in [-0.05, 0) is 27.7 Å². The Hall–Kier alpha value is -1.26. The van der Waals surface area contributed by atoms with Gasteiger partial charge in [0, 0.05) is 0 Å². The van der Waals surface area contributed by atoms with Crippen LogP contribution in [0.15, 0.2) is 0 Å². The molecule has 0 bridgehead atoms. The van der Waals surface area contributed by atoms with Crippen molar-refractivity contribution in [2.75, 3.05) is 6.54 Å². The van der Waals surface area contributed by atoms with Crippen molar-refractivity contribution < 1.29 is 19.1 Å². The van der Waals surface area contributed by atoms with Crippen molar-refractivity contribution in [3.8, 4) is 0 Å². The van der Waals surface area contributed by atoms with Crippen LogP contribution >= 0.6 is 0 Å². The molecule has 15 heavy (non-hydrogen) atoms. The zero-order valence-corrected chi connectivity index (χ0v) is 9.52. The van der Waals surface area contributed by atoms with Crippen LogP contribution in [-0.2, 0) is 14.3 Å². The molecule has 0 aromatic carbocycles. The van der Waals surface area contributed by atoms with E-state index in [2.05, 4.69) is 0 Å². The summed E-state index contributed by atoms with van der Waals surface area (Å²) in [5.41, 5.74) is 0. The van der Waals surface area contributed by atoms with Crippen molar-refractivity contribution in [3.05, 3.63) is 0 Å². The SMILES string of the molecule is CC(C)OC(=O)C1CN1C(=O)OC(C)C. The maximum atomic E-state index is 11.3. The average molecular weight is 215 g/mol. The predicted molar refractivity (Wildman–Crippen MR) is 53.3 cm³/mol. The molecule has 86 valence electrons. The molecule has 0 aromatic rings. The molecule has 5 heteroatoms. The Morgan fingerprint density at radius 1 is 1.13 bits per heavy atom. The highest BCUT2D eigenvalue weighted by atomic mass is 16.6. The number of ether oxygens (including phenoxy) is 2. The number of carbonyl (C=O) groups excluding carboxylic acids is 2.